The summed E-state index contributed by atoms with van der Waals surface area (Å²) >= 11 is 0. The molecule has 2 aliphatic rings. The van der Waals surface area contributed by atoms with E-state index in [1.807, 2.05) is 6.92 Å². The summed E-state index contributed by atoms with van der Waals surface area (Å²) in [6, 6.07) is -0.724. The van der Waals surface area contributed by atoms with Crippen molar-refractivity contribution in [3.8, 4) is 0 Å². The van der Waals surface area contributed by atoms with Crippen molar-refractivity contribution in [2.24, 2.45) is 11.8 Å². The van der Waals surface area contributed by atoms with Crippen LogP contribution in [0.2, 0.25) is 0 Å². The molecule has 0 aromatic carbocycles. The molecule has 3 rings (SSSR count). The SMILES string of the molecule is CCCc1nc(C(=O)N2CC3CCCC3C2C(=O)O)n[nH]1. The second kappa shape index (κ2) is 5.46. The number of carbonyl (C=O) groups is 2. The van der Waals surface area contributed by atoms with E-state index >= 15 is 0 Å². The van der Waals surface area contributed by atoms with Gasteiger partial charge in [-0.2, -0.15) is 0 Å². The van der Waals surface area contributed by atoms with Crippen LogP contribution in [0.15, 0.2) is 0 Å². The molecule has 1 amide bonds. The number of aryl methyl sites for hydroxylation is 1. The average Bonchev–Trinajstić information content (AvgIpc) is 3.11. The van der Waals surface area contributed by atoms with Crippen LogP contribution in [0, 0.1) is 11.8 Å². The predicted molar refractivity (Wildman–Crippen MR) is 73.7 cm³/mol. The van der Waals surface area contributed by atoms with Crippen LogP contribution in [-0.4, -0.2) is 49.7 Å². The standard InChI is InChI=1S/C14H20N4O3/c1-2-4-10-15-12(17-16-10)13(19)18-7-8-5-3-6-9(8)11(18)14(20)21/h8-9,11H,2-7H2,1H3,(H,20,21)(H,15,16,17). The van der Waals surface area contributed by atoms with Gasteiger partial charge in [-0.3, -0.25) is 9.89 Å². The maximum atomic E-state index is 12.5. The van der Waals surface area contributed by atoms with Gasteiger partial charge in [0.15, 0.2) is 0 Å². The number of rotatable bonds is 4. The van der Waals surface area contributed by atoms with Crippen LogP contribution in [0.25, 0.3) is 0 Å². The first-order valence-corrected chi connectivity index (χ1v) is 7.57. The van der Waals surface area contributed by atoms with Gasteiger partial charge < -0.3 is 10.0 Å². The maximum absolute atomic E-state index is 12.5. The first-order chi connectivity index (χ1) is 10.1. The number of aliphatic carboxylic acids is 1. The number of aromatic nitrogens is 3. The Kier molecular flexibility index (Phi) is 3.65. The van der Waals surface area contributed by atoms with Crippen molar-refractivity contribution in [1.29, 1.82) is 0 Å². The van der Waals surface area contributed by atoms with E-state index in [-0.39, 0.29) is 17.6 Å². The van der Waals surface area contributed by atoms with Gasteiger partial charge in [0.1, 0.15) is 11.9 Å². The molecule has 2 heterocycles. The molecule has 2 fully saturated rings. The molecule has 7 nitrogen and oxygen atoms in total. The summed E-state index contributed by atoms with van der Waals surface area (Å²) in [5, 5.41) is 16.2. The van der Waals surface area contributed by atoms with Gasteiger partial charge in [0.25, 0.3) is 5.91 Å². The summed E-state index contributed by atoms with van der Waals surface area (Å²) in [7, 11) is 0. The number of likely N-dealkylation sites (tertiary alicyclic amines) is 1. The molecule has 2 N–H and O–H groups in total. The number of carboxylic acids is 1. The number of H-pyrrole nitrogens is 1. The monoisotopic (exact) mass is 292 g/mol. The van der Waals surface area contributed by atoms with Gasteiger partial charge in [0, 0.05) is 13.0 Å². The molecule has 0 spiro atoms. The highest BCUT2D eigenvalue weighted by atomic mass is 16.4. The number of amides is 1. The van der Waals surface area contributed by atoms with Crippen LogP contribution >= 0.6 is 0 Å². The van der Waals surface area contributed by atoms with Crippen molar-refractivity contribution < 1.29 is 14.7 Å². The molecule has 0 radical (unpaired) electrons. The van der Waals surface area contributed by atoms with Gasteiger partial charge in [-0.05, 0) is 31.1 Å². The summed E-state index contributed by atoms with van der Waals surface area (Å²) in [4.78, 5) is 29.7. The number of carboxylic acid groups (broad SMARTS) is 1. The second-order valence-corrected chi connectivity index (χ2v) is 5.95. The molecule has 1 saturated carbocycles. The fraction of sp³-hybridized carbons (Fsp3) is 0.714. The topological polar surface area (TPSA) is 99.2 Å². The van der Waals surface area contributed by atoms with Crippen molar-refractivity contribution in [3.63, 3.8) is 0 Å². The largest absolute Gasteiger partial charge is 0.480 e. The van der Waals surface area contributed by atoms with Crippen LogP contribution in [-0.2, 0) is 11.2 Å². The van der Waals surface area contributed by atoms with E-state index in [0.29, 0.717) is 18.3 Å². The van der Waals surface area contributed by atoms with Gasteiger partial charge in [0.05, 0.1) is 0 Å². The highest BCUT2D eigenvalue weighted by Gasteiger charge is 2.50. The summed E-state index contributed by atoms with van der Waals surface area (Å²) in [5.41, 5.74) is 0. The van der Waals surface area contributed by atoms with Crippen molar-refractivity contribution >= 4 is 11.9 Å². The number of hydrogen-bond donors (Lipinski definition) is 2. The zero-order valence-electron chi connectivity index (χ0n) is 12.1. The van der Waals surface area contributed by atoms with E-state index in [4.69, 9.17) is 0 Å². The van der Waals surface area contributed by atoms with Crippen LogP contribution in [0.1, 0.15) is 49.1 Å². The highest BCUT2D eigenvalue weighted by molar-refractivity contribution is 5.94. The van der Waals surface area contributed by atoms with Crippen LogP contribution < -0.4 is 0 Å². The van der Waals surface area contributed by atoms with Gasteiger partial charge in [-0.15, -0.1) is 5.10 Å². The lowest BCUT2D eigenvalue weighted by Crippen LogP contribution is -2.43. The number of nitrogens with one attached hydrogen (secondary N) is 1. The Bertz CT molecular complexity index is 556. The van der Waals surface area contributed by atoms with Crippen molar-refractivity contribution in [2.45, 2.75) is 45.1 Å². The molecule has 114 valence electrons. The Hall–Kier alpha value is -1.92. The first kappa shape index (κ1) is 14.0. The smallest absolute Gasteiger partial charge is 0.326 e. The maximum Gasteiger partial charge on any atom is 0.326 e. The van der Waals surface area contributed by atoms with Crippen molar-refractivity contribution in [3.05, 3.63) is 11.6 Å². The lowest BCUT2D eigenvalue weighted by atomic mass is 9.94. The molecule has 1 saturated heterocycles. The molecule has 1 aromatic heterocycles. The molecule has 1 aromatic rings. The molecule has 21 heavy (non-hydrogen) atoms. The quantitative estimate of drug-likeness (QED) is 0.865. The van der Waals surface area contributed by atoms with E-state index in [0.717, 1.165) is 32.1 Å². The van der Waals surface area contributed by atoms with Crippen LogP contribution in [0.3, 0.4) is 0 Å². The van der Waals surface area contributed by atoms with Crippen molar-refractivity contribution in [2.75, 3.05) is 6.54 Å². The Morgan fingerprint density at radius 2 is 2.24 bits per heavy atom. The fourth-order valence-corrected chi connectivity index (χ4v) is 3.70. The van der Waals surface area contributed by atoms with Crippen molar-refractivity contribution in [1.82, 2.24) is 20.1 Å². The summed E-state index contributed by atoms with van der Waals surface area (Å²) in [5.74, 6) is -0.126. The Balaban J connectivity index is 1.81. The third-order valence-corrected chi connectivity index (χ3v) is 4.61. The lowest BCUT2D eigenvalue weighted by Gasteiger charge is -2.23. The van der Waals surface area contributed by atoms with Gasteiger partial charge >= 0.3 is 5.97 Å². The molecular formula is C14H20N4O3. The van der Waals surface area contributed by atoms with E-state index in [1.54, 1.807) is 0 Å². The van der Waals surface area contributed by atoms with E-state index in [9.17, 15) is 14.7 Å². The lowest BCUT2D eigenvalue weighted by molar-refractivity contribution is -0.142. The summed E-state index contributed by atoms with van der Waals surface area (Å²) in [6.45, 7) is 2.53. The zero-order valence-corrected chi connectivity index (χ0v) is 12.1. The third-order valence-electron chi connectivity index (χ3n) is 4.61. The third kappa shape index (κ3) is 2.41. The number of fused-ring (bicyclic) bond motifs is 1. The minimum absolute atomic E-state index is 0.0838. The van der Waals surface area contributed by atoms with Gasteiger partial charge in [-0.1, -0.05) is 13.3 Å². The van der Waals surface area contributed by atoms with E-state index in [1.165, 1.54) is 4.90 Å². The molecule has 3 unspecified atom stereocenters. The van der Waals surface area contributed by atoms with E-state index in [2.05, 4.69) is 15.2 Å². The first-order valence-electron chi connectivity index (χ1n) is 7.57. The van der Waals surface area contributed by atoms with Crippen LogP contribution in [0.5, 0.6) is 0 Å². The molecule has 7 heteroatoms. The zero-order chi connectivity index (χ0) is 15.0. The normalized spacial score (nSPS) is 27.9. The molecule has 3 atom stereocenters. The number of hydrogen-bond acceptors (Lipinski definition) is 4. The Morgan fingerprint density at radius 1 is 1.43 bits per heavy atom. The highest BCUT2D eigenvalue weighted by Crippen LogP contribution is 2.42. The Labute approximate surface area is 122 Å². The van der Waals surface area contributed by atoms with Gasteiger partial charge in [-0.25, -0.2) is 9.78 Å². The summed E-state index contributed by atoms with van der Waals surface area (Å²) < 4.78 is 0. The fourth-order valence-electron chi connectivity index (χ4n) is 3.70. The number of carbonyl (C=O) groups excluding carboxylic acids is 1. The average molecular weight is 292 g/mol. The molecular weight excluding hydrogens is 272 g/mol. The molecule has 1 aliphatic carbocycles. The molecule has 1 aliphatic heterocycles. The molecule has 0 bridgehead atoms. The summed E-state index contributed by atoms with van der Waals surface area (Å²) in [6.07, 6.45) is 4.60. The number of aromatic amines is 1. The minimum Gasteiger partial charge on any atom is -0.480 e. The minimum atomic E-state index is -0.915. The second-order valence-electron chi connectivity index (χ2n) is 5.95. The van der Waals surface area contributed by atoms with Crippen LogP contribution in [0.4, 0.5) is 0 Å². The van der Waals surface area contributed by atoms with E-state index < -0.39 is 12.0 Å². The number of nitrogens with zero attached hydrogens (tertiary/aromatic N) is 3. The van der Waals surface area contributed by atoms with Gasteiger partial charge in [0.2, 0.25) is 5.82 Å². The Morgan fingerprint density at radius 3 is 2.95 bits per heavy atom. The predicted octanol–water partition coefficient (Wildman–Crippen LogP) is 1.08.